The van der Waals surface area contributed by atoms with Gasteiger partial charge in [0.2, 0.25) is 0 Å². The molecule has 0 aromatic carbocycles. The second-order valence-corrected chi connectivity index (χ2v) is 5.96. The molecule has 0 amide bonds. The van der Waals surface area contributed by atoms with Crippen LogP contribution in [0.2, 0.25) is 0 Å². The van der Waals surface area contributed by atoms with Gasteiger partial charge in [0.1, 0.15) is 0 Å². The Morgan fingerprint density at radius 3 is 2.17 bits per heavy atom. The topological polar surface area (TPSA) is 63.4 Å². The van der Waals surface area contributed by atoms with Crippen molar-refractivity contribution in [2.24, 2.45) is 5.73 Å². The quantitative estimate of drug-likeness (QED) is 0.565. The van der Waals surface area contributed by atoms with E-state index in [2.05, 4.69) is 4.90 Å². The number of hydrogen-bond donors (Lipinski definition) is 1. The fourth-order valence-electron chi connectivity index (χ4n) is 1.68. The lowest BCUT2D eigenvalue weighted by Gasteiger charge is -2.26. The zero-order valence-electron chi connectivity index (χ0n) is 6.94. The van der Waals surface area contributed by atoms with Crippen molar-refractivity contribution in [3.8, 4) is 0 Å². The van der Waals surface area contributed by atoms with Gasteiger partial charge in [-0.05, 0) is 6.42 Å². The highest BCUT2D eigenvalue weighted by Crippen LogP contribution is 2.26. The van der Waals surface area contributed by atoms with E-state index >= 15 is 0 Å². The van der Waals surface area contributed by atoms with Crippen molar-refractivity contribution >= 4 is 9.84 Å². The van der Waals surface area contributed by atoms with Crippen molar-refractivity contribution in [1.29, 1.82) is 0 Å². The van der Waals surface area contributed by atoms with Crippen LogP contribution in [0.5, 0.6) is 0 Å². The lowest BCUT2D eigenvalue weighted by atomic mass is 10.4. The summed E-state index contributed by atoms with van der Waals surface area (Å²) in [5.41, 5.74) is 5.67. The minimum Gasteiger partial charge on any atom is -0.326 e. The standard InChI is InChI=1S/C7H14N2O2S/c8-6-5-7(6)9-1-3-12(10,11)4-2-9/h6-7H,1-5,8H2. The fourth-order valence-corrected chi connectivity index (χ4v) is 2.91. The third-order valence-corrected chi connectivity index (χ3v) is 4.26. The van der Waals surface area contributed by atoms with Crippen molar-refractivity contribution in [1.82, 2.24) is 4.90 Å². The Bertz CT molecular complexity index is 261. The Morgan fingerprint density at radius 2 is 1.75 bits per heavy atom. The summed E-state index contributed by atoms with van der Waals surface area (Å²) in [4.78, 5) is 2.20. The highest BCUT2D eigenvalue weighted by Gasteiger charge is 2.40. The predicted molar refractivity (Wildman–Crippen MR) is 46.6 cm³/mol. The summed E-state index contributed by atoms with van der Waals surface area (Å²) < 4.78 is 22.1. The Hall–Kier alpha value is -0.130. The molecule has 2 fully saturated rings. The number of rotatable bonds is 1. The highest BCUT2D eigenvalue weighted by atomic mass is 32.2. The maximum absolute atomic E-state index is 11.1. The molecular formula is C7H14N2O2S. The molecule has 2 aliphatic rings. The molecule has 2 rings (SSSR count). The van der Waals surface area contributed by atoms with E-state index in [0.717, 1.165) is 6.42 Å². The first-order valence-corrected chi connectivity index (χ1v) is 6.11. The van der Waals surface area contributed by atoms with Gasteiger partial charge in [0.25, 0.3) is 0 Å². The van der Waals surface area contributed by atoms with Crippen LogP contribution in [-0.2, 0) is 9.84 Å². The number of nitrogens with zero attached hydrogens (tertiary/aromatic N) is 1. The minimum atomic E-state index is -2.72. The van der Waals surface area contributed by atoms with E-state index in [1.54, 1.807) is 0 Å². The maximum atomic E-state index is 11.1. The second kappa shape index (κ2) is 2.68. The van der Waals surface area contributed by atoms with Gasteiger partial charge in [0, 0.05) is 25.2 Å². The first-order valence-electron chi connectivity index (χ1n) is 4.28. The molecule has 1 saturated heterocycles. The second-order valence-electron chi connectivity index (χ2n) is 3.65. The molecule has 0 radical (unpaired) electrons. The van der Waals surface area contributed by atoms with E-state index in [-0.39, 0.29) is 0 Å². The van der Waals surface area contributed by atoms with Gasteiger partial charge in [-0.15, -0.1) is 0 Å². The lowest BCUT2D eigenvalue weighted by molar-refractivity contribution is 0.281. The average molecular weight is 190 g/mol. The van der Waals surface area contributed by atoms with Gasteiger partial charge in [0.05, 0.1) is 11.5 Å². The smallest absolute Gasteiger partial charge is 0.152 e. The molecule has 0 bridgehead atoms. The van der Waals surface area contributed by atoms with Gasteiger partial charge >= 0.3 is 0 Å². The summed E-state index contributed by atoms with van der Waals surface area (Å²) in [6.07, 6.45) is 1.04. The van der Waals surface area contributed by atoms with Gasteiger partial charge in [-0.25, -0.2) is 8.42 Å². The SMILES string of the molecule is NC1CC1N1CCS(=O)(=O)CC1. The summed E-state index contributed by atoms with van der Waals surface area (Å²) in [5, 5.41) is 0. The highest BCUT2D eigenvalue weighted by molar-refractivity contribution is 7.91. The maximum Gasteiger partial charge on any atom is 0.152 e. The van der Waals surface area contributed by atoms with E-state index in [0.29, 0.717) is 36.7 Å². The van der Waals surface area contributed by atoms with Crippen molar-refractivity contribution < 1.29 is 8.42 Å². The number of sulfone groups is 1. The van der Waals surface area contributed by atoms with Gasteiger partial charge in [0.15, 0.2) is 9.84 Å². The van der Waals surface area contributed by atoms with Crippen molar-refractivity contribution in [3.63, 3.8) is 0 Å². The Kier molecular flexibility index (Phi) is 1.89. The van der Waals surface area contributed by atoms with Crippen LogP contribution in [0.3, 0.4) is 0 Å². The summed E-state index contributed by atoms with van der Waals surface area (Å²) in [6, 6.07) is 0.770. The minimum absolute atomic E-state index is 0.297. The monoisotopic (exact) mass is 190 g/mol. The van der Waals surface area contributed by atoms with Crippen molar-refractivity contribution in [3.05, 3.63) is 0 Å². The first-order chi connectivity index (χ1) is 5.58. The molecule has 12 heavy (non-hydrogen) atoms. The fraction of sp³-hybridized carbons (Fsp3) is 1.00. The molecule has 1 heterocycles. The van der Waals surface area contributed by atoms with Crippen LogP contribution >= 0.6 is 0 Å². The van der Waals surface area contributed by atoms with Crippen LogP contribution in [0.15, 0.2) is 0 Å². The molecule has 5 heteroatoms. The molecule has 70 valence electrons. The molecule has 1 aliphatic carbocycles. The molecule has 2 unspecified atom stereocenters. The predicted octanol–water partition coefficient (Wildman–Crippen LogP) is -1.18. The third kappa shape index (κ3) is 1.62. The molecule has 1 aliphatic heterocycles. The van der Waals surface area contributed by atoms with Gasteiger partial charge in [-0.2, -0.15) is 0 Å². The van der Waals surface area contributed by atoms with E-state index in [1.165, 1.54) is 0 Å². The zero-order valence-corrected chi connectivity index (χ0v) is 7.76. The molecule has 0 aromatic heterocycles. The number of nitrogens with two attached hydrogens (primary N) is 1. The van der Waals surface area contributed by atoms with Crippen LogP contribution in [-0.4, -0.2) is 50.0 Å². The summed E-state index contributed by atoms with van der Waals surface area (Å²) in [6.45, 7) is 1.36. The summed E-state index contributed by atoms with van der Waals surface area (Å²) in [7, 11) is -2.72. The summed E-state index contributed by atoms with van der Waals surface area (Å²) in [5.74, 6) is 0.631. The summed E-state index contributed by atoms with van der Waals surface area (Å²) >= 11 is 0. The van der Waals surface area contributed by atoms with Crippen molar-refractivity contribution in [2.45, 2.75) is 18.5 Å². The molecule has 0 spiro atoms. The van der Waals surface area contributed by atoms with Crippen molar-refractivity contribution in [2.75, 3.05) is 24.6 Å². The van der Waals surface area contributed by atoms with Gasteiger partial charge < -0.3 is 5.73 Å². The zero-order chi connectivity index (χ0) is 8.77. The Morgan fingerprint density at radius 1 is 1.25 bits per heavy atom. The van der Waals surface area contributed by atoms with Crippen LogP contribution < -0.4 is 5.73 Å². The molecular weight excluding hydrogens is 176 g/mol. The van der Waals surface area contributed by atoms with E-state index in [9.17, 15) is 8.42 Å². The molecule has 2 N–H and O–H groups in total. The van der Waals surface area contributed by atoms with Gasteiger partial charge in [-0.1, -0.05) is 0 Å². The number of hydrogen-bond acceptors (Lipinski definition) is 4. The molecule has 4 nitrogen and oxygen atoms in total. The van der Waals surface area contributed by atoms with Crippen LogP contribution in [0.1, 0.15) is 6.42 Å². The Labute approximate surface area is 72.6 Å². The van der Waals surface area contributed by atoms with E-state index in [4.69, 9.17) is 5.73 Å². The average Bonchev–Trinajstić information content (AvgIpc) is 2.67. The van der Waals surface area contributed by atoms with Crippen LogP contribution in [0.4, 0.5) is 0 Å². The normalized spacial score (nSPS) is 41.1. The molecule has 2 atom stereocenters. The first kappa shape index (κ1) is 8.47. The van der Waals surface area contributed by atoms with Gasteiger partial charge in [-0.3, -0.25) is 4.90 Å². The van der Waals surface area contributed by atoms with E-state index in [1.807, 2.05) is 0 Å². The lowest BCUT2D eigenvalue weighted by Crippen LogP contribution is -2.43. The molecule has 0 aromatic rings. The largest absolute Gasteiger partial charge is 0.326 e. The van der Waals surface area contributed by atoms with E-state index < -0.39 is 9.84 Å². The Balaban J connectivity index is 1.91. The molecule has 1 saturated carbocycles. The van der Waals surface area contributed by atoms with Crippen LogP contribution in [0.25, 0.3) is 0 Å². The van der Waals surface area contributed by atoms with Crippen LogP contribution in [0, 0.1) is 0 Å². The third-order valence-electron chi connectivity index (χ3n) is 2.65.